The Morgan fingerprint density at radius 3 is 1.11 bits per heavy atom. The number of fused-ring (bicyclic) bond motifs is 9. The molecule has 14 rings (SSSR count). The summed E-state index contributed by atoms with van der Waals surface area (Å²) in [6, 6.07) is 82.1. The molecule has 0 saturated carbocycles. The standard InChI is InChI=1S/C97H103NSi/c1-16-66-31-27-29-33-77(66)85-57-69(19-4)86(53-63(85)12)79-50-42-73(56-68(79)18-3)98(75-44-52-84-88-58-70(20-5)87(78-34-30-28-32-67(78)17-2)62-94(88)97(25-10,26-11)93(84)61-75)74-43-51-83-81-48-38-65(55-90(81)96(23-8,24-9)92(83)60-74)36-35-64-37-47-80-82-49-41-72(71-39-45-76(46-40-71)99(13,14)15)59-91(82)95(21-6,22-7)89(80)54-64/h27-62H,16-26H2,1-15H3/b36-35+. The molecule has 0 fully saturated rings. The monoisotopic (exact) mass is 1310 g/mol. The van der Waals surface area contributed by atoms with Gasteiger partial charge in [-0.2, -0.15) is 0 Å². The maximum Gasteiger partial charge on any atom is 0.0775 e. The van der Waals surface area contributed by atoms with Gasteiger partial charge in [0.2, 0.25) is 0 Å². The van der Waals surface area contributed by atoms with Crippen molar-refractivity contribution in [3.63, 3.8) is 0 Å². The van der Waals surface area contributed by atoms with Gasteiger partial charge in [-0.05, 0) is 282 Å². The molecular formula is C97H103NSi. The molecule has 0 atom stereocenters. The van der Waals surface area contributed by atoms with E-state index in [1.165, 1.54) is 178 Å². The fraction of sp³-hybridized carbons (Fsp3) is 0.299. The second-order valence-electron chi connectivity index (χ2n) is 30.0. The van der Waals surface area contributed by atoms with E-state index in [-0.39, 0.29) is 16.2 Å². The lowest BCUT2D eigenvalue weighted by Gasteiger charge is -2.33. The highest BCUT2D eigenvalue weighted by Gasteiger charge is 2.45. The molecule has 0 heterocycles. The first-order chi connectivity index (χ1) is 48.0. The van der Waals surface area contributed by atoms with Crippen LogP contribution in [0.15, 0.2) is 206 Å². The van der Waals surface area contributed by atoms with Gasteiger partial charge in [-0.1, -0.05) is 271 Å². The summed E-state index contributed by atoms with van der Waals surface area (Å²) in [5, 5.41) is 1.51. The molecule has 0 radical (unpaired) electrons. The van der Waals surface area contributed by atoms with Crippen molar-refractivity contribution in [3.05, 3.63) is 284 Å². The van der Waals surface area contributed by atoms with Gasteiger partial charge in [0, 0.05) is 33.3 Å². The van der Waals surface area contributed by atoms with E-state index >= 15 is 0 Å². The summed E-state index contributed by atoms with van der Waals surface area (Å²) < 4.78 is 0. The molecule has 2 heteroatoms. The Balaban J connectivity index is 0.859. The van der Waals surface area contributed by atoms with Crippen LogP contribution in [0.1, 0.15) is 193 Å². The fourth-order valence-corrected chi connectivity index (χ4v) is 19.8. The maximum absolute atomic E-state index is 2.62. The predicted octanol–water partition coefficient (Wildman–Crippen LogP) is 26.9. The van der Waals surface area contributed by atoms with Crippen LogP contribution in [0.3, 0.4) is 0 Å². The molecule has 99 heavy (non-hydrogen) atoms. The van der Waals surface area contributed by atoms with Crippen LogP contribution in [-0.4, -0.2) is 8.07 Å². The highest BCUT2D eigenvalue weighted by molar-refractivity contribution is 6.88. The van der Waals surface area contributed by atoms with Crippen LogP contribution >= 0.6 is 0 Å². The second-order valence-corrected chi connectivity index (χ2v) is 35.1. The van der Waals surface area contributed by atoms with E-state index in [0.717, 1.165) is 70.6 Å². The molecule has 11 aromatic carbocycles. The Morgan fingerprint density at radius 2 is 0.636 bits per heavy atom. The van der Waals surface area contributed by atoms with Crippen molar-refractivity contribution < 1.29 is 0 Å². The normalized spacial score (nSPS) is 14.3. The zero-order chi connectivity index (χ0) is 69.3. The molecule has 3 aliphatic rings. The fourth-order valence-electron chi connectivity index (χ4n) is 18.7. The van der Waals surface area contributed by atoms with E-state index in [1.54, 1.807) is 0 Å². The summed E-state index contributed by atoms with van der Waals surface area (Å²) in [6.07, 6.45) is 15.8. The van der Waals surface area contributed by atoms with Crippen LogP contribution in [0.4, 0.5) is 17.1 Å². The zero-order valence-corrected chi connectivity index (χ0v) is 63.0. The van der Waals surface area contributed by atoms with Crippen molar-refractivity contribution in [3.8, 4) is 77.9 Å². The molecule has 0 bridgehead atoms. The van der Waals surface area contributed by atoms with E-state index < -0.39 is 8.07 Å². The highest BCUT2D eigenvalue weighted by atomic mass is 28.3. The number of hydrogen-bond acceptors (Lipinski definition) is 1. The van der Waals surface area contributed by atoms with E-state index in [0.29, 0.717) is 0 Å². The van der Waals surface area contributed by atoms with Gasteiger partial charge in [-0.3, -0.25) is 0 Å². The number of benzene rings is 11. The summed E-state index contributed by atoms with van der Waals surface area (Å²) >= 11 is 0. The molecule has 0 saturated heterocycles. The molecule has 0 aliphatic heterocycles. The number of anilines is 3. The Kier molecular flexibility index (Phi) is 18.2. The molecular weight excluding hydrogens is 1210 g/mol. The number of nitrogens with zero attached hydrogens (tertiary/aromatic N) is 1. The van der Waals surface area contributed by atoms with Crippen molar-refractivity contribution in [2.45, 2.75) is 190 Å². The van der Waals surface area contributed by atoms with Crippen LogP contribution in [0.5, 0.6) is 0 Å². The third-order valence-electron chi connectivity index (χ3n) is 24.6. The second kappa shape index (κ2) is 26.7. The molecule has 1 nitrogen and oxygen atoms in total. The Morgan fingerprint density at radius 1 is 0.283 bits per heavy atom. The van der Waals surface area contributed by atoms with Gasteiger partial charge in [0.25, 0.3) is 0 Å². The summed E-state index contributed by atoms with van der Waals surface area (Å²) in [5.41, 5.74) is 41.9. The first-order valence-electron chi connectivity index (χ1n) is 38.0. The van der Waals surface area contributed by atoms with Gasteiger partial charge in [0.1, 0.15) is 0 Å². The molecule has 11 aromatic rings. The average Bonchev–Trinajstić information content (AvgIpc) is 1.58. The van der Waals surface area contributed by atoms with Gasteiger partial charge in [0.05, 0.1) is 8.07 Å². The van der Waals surface area contributed by atoms with E-state index in [9.17, 15) is 0 Å². The van der Waals surface area contributed by atoms with E-state index in [4.69, 9.17) is 0 Å². The Bertz CT molecular complexity index is 4950. The third-order valence-corrected chi connectivity index (χ3v) is 26.7. The van der Waals surface area contributed by atoms with Crippen molar-refractivity contribution in [1.82, 2.24) is 0 Å². The Hall–Kier alpha value is -8.82. The molecule has 500 valence electrons. The summed E-state index contributed by atoms with van der Waals surface area (Å²) in [6.45, 7) is 35.7. The first-order valence-corrected chi connectivity index (χ1v) is 41.5. The Labute approximate surface area is 595 Å². The molecule has 3 aliphatic carbocycles. The largest absolute Gasteiger partial charge is 0.310 e. The quantitative estimate of drug-likeness (QED) is 0.0512. The van der Waals surface area contributed by atoms with Crippen molar-refractivity contribution in [2.75, 3.05) is 4.90 Å². The molecule has 0 unspecified atom stereocenters. The molecule has 0 spiro atoms. The minimum absolute atomic E-state index is 0.0416. The SMILES string of the molecule is CCc1ccccc1-c1cc(CC)c(-c2ccc(N(c3ccc4c(c3)C(CC)(CC)c3cc(/C=C/c5ccc6c(c5)C(CC)(CC)c5cc(-c7ccc([Si](C)(C)C)cc7)ccc5-6)ccc3-4)c3ccc4c(c3)C(CC)(CC)c3cc(-c5ccccc5CC)c(CC)cc3-4)cc2CC)cc1C. The van der Waals surface area contributed by atoms with Crippen molar-refractivity contribution >= 4 is 42.5 Å². The minimum Gasteiger partial charge on any atom is -0.310 e. The van der Waals surface area contributed by atoms with Gasteiger partial charge >= 0.3 is 0 Å². The lowest BCUT2D eigenvalue weighted by atomic mass is 9.73. The van der Waals surface area contributed by atoms with Gasteiger partial charge in [-0.15, -0.1) is 0 Å². The molecule has 0 amide bonds. The lowest BCUT2D eigenvalue weighted by Crippen LogP contribution is -2.37. The first kappa shape index (κ1) is 67.4. The zero-order valence-electron chi connectivity index (χ0n) is 62.0. The third kappa shape index (κ3) is 11.0. The van der Waals surface area contributed by atoms with Gasteiger partial charge in [0.15, 0.2) is 0 Å². The summed E-state index contributed by atoms with van der Waals surface area (Å²) in [5.74, 6) is 0. The number of rotatable bonds is 21. The van der Waals surface area contributed by atoms with Gasteiger partial charge in [-0.25, -0.2) is 0 Å². The molecule has 0 N–H and O–H groups in total. The predicted molar refractivity (Wildman–Crippen MR) is 433 cm³/mol. The van der Waals surface area contributed by atoms with Crippen LogP contribution < -0.4 is 10.1 Å². The van der Waals surface area contributed by atoms with E-state index in [1.807, 2.05) is 0 Å². The van der Waals surface area contributed by atoms with Crippen LogP contribution in [-0.2, 0) is 48.3 Å². The minimum atomic E-state index is -1.39. The topological polar surface area (TPSA) is 3.24 Å². The number of hydrogen-bond donors (Lipinski definition) is 0. The number of aryl methyl sites for hydroxylation is 6. The summed E-state index contributed by atoms with van der Waals surface area (Å²) in [4.78, 5) is 2.62. The summed E-state index contributed by atoms with van der Waals surface area (Å²) in [7, 11) is -1.39. The van der Waals surface area contributed by atoms with Gasteiger partial charge < -0.3 is 4.90 Å². The maximum atomic E-state index is 2.62. The van der Waals surface area contributed by atoms with Crippen LogP contribution in [0.25, 0.3) is 90.0 Å². The van der Waals surface area contributed by atoms with Crippen LogP contribution in [0, 0.1) is 6.92 Å². The smallest absolute Gasteiger partial charge is 0.0775 e. The molecule has 0 aromatic heterocycles. The van der Waals surface area contributed by atoms with Crippen molar-refractivity contribution in [2.24, 2.45) is 0 Å². The van der Waals surface area contributed by atoms with Crippen molar-refractivity contribution in [1.29, 1.82) is 0 Å². The van der Waals surface area contributed by atoms with Crippen LogP contribution in [0.2, 0.25) is 19.6 Å². The average molecular weight is 1310 g/mol. The lowest BCUT2D eigenvalue weighted by molar-refractivity contribution is 0.490. The highest BCUT2D eigenvalue weighted by Crippen LogP contribution is 2.59. The van der Waals surface area contributed by atoms with E-state index in [2.05, 4.69) is 326 Å².